The molecule has 0 radical (unpaired) electrons. The van der Waals surface area contributed by atoms with Gasteiger partial charge in [-0.15, -0.1) is 0 Å². The summed E-state index contributed by atoms with van der Waals surface area (Å²) in [5, 5.41) is 0.723. The Hall–Kier alpha value is -1.29. The second kappa shape index (κ2) is 8.37. The molecule has 1 aromatic carbocycles. The molecule has 0 bridgehead atoms. The van der Waals surface area contributed by atoms with Crippen LogP contribution in [0.3, 0.4) is 0 Å². The Morgan fingerprint density at radius 2 is 1.73 bits per heavy atom. The number of nitrogens with zero attached hydrogens (tertiary/aromatic N) is 2. The third kappa shape index (κ3) is 4.35. The molecule has 120 valence electrons. The van der Waals surface area contributed by atoms with Gasteiger partial charge >= 0.3 is 0 Å². The second-order valence-corrected chi connectivity index (χ2v) is 5.91. The first-order valence-corrected chi connectivity index (χ1v) is 8.25. The Labute approximate surface area is 138 Å². The van der Waals surface area contributed by atoms with Gasteiger partial charge in [-0.05, 0) is 20.1 Å². The van der Waals surface area contributed by atoms with E-state index in [0.29, 0.717) is 0 Å². The minimum Gasteiger partial charge on any atom is -0.462 e. The first kappa shape index (κ1) is 17.1. The van der Waals surface area contributed by atoms with Gasteiger partial charge in [-0.1, -0.05) is 55.8 Å². The monoisotopic (exact) mass is 320 g/mol. The zero-order valence-electron chi connectivity index (χ0n) is 13.7. The van der Waals surface area contributed by atoms with Crippen molar-refractivity contribution in [2.24, 2.45) is 0 Å². The molecular formula is C18H25ClN2O. The normalized spacial score (nSPS) is 11.5. The van der Waals surface area contributed by atoms with Crippen LogP contribution in [0.5, 0.6) is 0 Å². The highest BCUT2D eigenvalue weighted by atomic mass is 35.5. The Kier molecular flexibility index (Phi) is 6.49. The maximum atomic E-state index is 6.49. The Morgan fingerprint density at radius 1 is 1.05 bits per heavy atom. The van der Waals surface area contributed by atoms with E-state index in [9.17, 15) is 0 Å². The van der Waals surface area contributed by atoms with Gasteiger partial charge in [-0.2, -0.15) is 0 Å². The maximum absolute atomic E-state index is 6.49. The fraction of sp³-hybridized carbons (Fsp3) is 0.444. The number of furan rings is 1. The van der Waals surface area contributed by atoms with Crippen LogP contribution < -0.4 is 0 Å². The number of likely N-dealkylation sites (N-methyl/N-ethyl adjacent to an activating group) is 2. The van der Waals surface area contributed by atoms with Gasteiger partial charge in [0.25, 0.3) is 0 Å². The summed E-state index contributed by atoms with van der Waals surface area (Å²) in [5.74, 6) is 0.759. The van der Waals surface area contributed by atoms with Gasteiger partial charge in [0.2, 0.25) is 0 Å². The molecule has 2 aromatic rings. The van der Waals surface area contributed by atoms with E-state index in [2.05, 4.69) is 30.7 Å². The van der Waals surface area contributed by atoms with Gasteiger partial charge in [0.15, 0.2) is 5.76 Å². The Balaban J connectivity index is 1.98. The fourth-order valence-corrected chi connectivity index (χ4v) is 2.75. The first-order valence-electron chi connectivity index (χ1n) is 7.87. The zero-order chi connectivity index (χ0) is 15.9. The highest BCUT2D eigenvalue weighted by Crippen LogP contribution is 2.32. The molecule has 1 aromatic heterocycles. The number of hydrogen-bond donors (Lipinski definition) is 0. The molecule has 0 N–H and O–H groups in total. The van der Waals surface area contributed by atoms with E-state index in [1.807, 2.05) is 30.3 Å². The van der Waals surface area contributed by atoms with E-state index < -0.39 is 0 Å². The molecule has 2 rings (SSSR count). The van der Waals surface area contributed by atoms with Crippen LogP contribution >= 0.6 is 11.6 Å². The number of halogens is 1. The van der Waals surface area contributed by atoms with E-state index in [1.54, 1.807) is 6.26 Å². The molecule has 3 nitrogen and oxygen atoms in total. The standard InChI is InChI=1S/C18H25ClN2O/c1-4-21(5-2)12-11-20(3)13-16-14-22-18(17(16)19)15-9-7-6-8-10-15/h6-10,14H,4-5,11-13H2,1-3H3. The molecule has 0 saturated carbocycles. The average Bonchev–Trinajstić information content (AvgIpc) is 2.90. The van der Waals surface area contributed by atoms with Gasteiger partial charge < -0.3 is 14.2 Å². The minimum absolute atomic E-state index is 0.723. The van der Waals surface area contributed by atoms with Gasteiger partial charge in [0.05, 0.1) is 11.3 Å². The quantitative estimate of drug-likeness (QED) is 0.720. The van der Waals surface area contributed by atoms with Crippen molar-refractivity contribution in [1.82, 2.24) is 9.80 Å². The predicted molar refractivity (Wildman–Crippen MR) is 93.3 cm³/mol. The van der Waals surface area contributed by atoms with Crippen LogP contribution in [-0.4, -0.2) is 43.0 Å². The topological polar surface area (TPSA) is 19.6 Å². The lowest BCUT2D eigenvalue weighted by molar-refractivity contribution is 0.236. The largest absolute Gasteiger partial charge is 0.462 e. The molecule has 22 heavy (non-hydrogen) atoms. The van der Waals surface area contributed by atoms with Gasteiger partial charge in [-0.3, -0.25) is 0 Å². The predicted octanol–water partition coefficient (Wildman–Crippen LogP) is 4.37. The smallest absolute Gasteiger partial charge is 0.152 e. The lowest BCUT2D eigenvalue weighted by Gasteiger charge is -2.22. The molecular weight excluding hydrogens is 296 g/mol. The highest BCUT2D eigenvalue weighted by Gasteiger charge is 2.15. The van der Waals surface area contributed by atoms with Crippen molar-refractivity contribution < 1.29 is 4.42 Å². The van der Waals surface area contributed by atoms with Crippen molar-refractivity contribution in [2.45, 2.75) is 20.4 Å². The number of hydrogen-bond acceptors (Lipinski definition) is 3. The third-order valence-corrected chi connectivity index (χ3v) is 4.38. The van der Waals surface area contributed by atoms with Crippen LogP contribution in [0, 0.1) is 0 Å². The van der Waals surface area contributed by atoms with Crippen molar-refractivity contribution in [1.29, 1.82) is 0 Å². The number of rotatable bonds is 8. The summed E-state index contributed by atoms with van der Waals surface area (Å²) in [4.78, 5) is 4.70. The van der Waals surface area contributed by atoms with Crippen LogP contribution in [-0.2, 0) is 6.54 Å². The maximum Gasteiger partial charge on any atom is 0.152 e. The van der Waals surface area contributed by atoms with Crippen LogP contribution in [0.4, 0.5) is 0 Å². The summed E-state index contributed by atoms with van der Waals surface area (Å²) in [6.45, 7) is 9.47. The molecule has 0 saturated heterocycles. The molecule has 4 heteroatoms. The summed E-state index contributed by atoms with van der Waals surface area (Å²) >= 11 is 6.49. The van der Waals surface area contributed by atoms with Gasteiger partial charge in [0, 0.05) is 30.8 Å². The van der Waals surface area contributed by atoms with Crippen LogP contribution in [0.2, 0.25) is 5.02 Å². The molecule has 0 spiro atoms. The third-order valence-electron chi connectivity index (χ3n) is 3.97. The zero-order valence-corrected chi connectivity index (χ0v) is 14.4. The molecule has 0 amide bonds. The molecule has 0 unspecified atom stereocenters. The lowest BCUT2D eigenvalue weighted by Crippen LogP contribution is -2.32. The minimum atomic E-state index is 0.723. The molecule has 1 heterocycles. The molecule has 0 fully saturated rings. The van der Waals surface area contributed by atoms with Crippen molar-refractivity contribution in [3.63, 3.8) is 0 Å². The second-order valence-electron chi connectivity index (χ2n) is 5.53. The Morgan fingerprint density at radius 3 is 2.36 bits per heavy atom. The first-order chi connectivity index (χ1) is 10.7. The van der Waals surface area contributed by atoms with Crippen LogP contribution in [0.15, 0.2) is 41.0 Å². The van der Waals surface area contributed by atoms with Crippen molar-refractivity contribution in [2.75, 3.05) is 33.2 Å². The Bertz CT molecular complexity index is 564. The average molecular weight is 321 g/mol. The highest BCUT2D eigenvalue weighted by molar-refractivity contribution is 6.33. The SMILES string of the molecule is CCN(CC)CCN(C)Cc1coc(-c2ccccc2)c1Cl. The molecule has 0 aliphatic heterocycles. The van der Waals surface area contributed by atoms with Gasteiger partial charge in [0.1, 0.15) is 0 Å². The summed E-state index contributed by atoms with van der Waals surface area (Å²) in [6, 6.07) is 9.99. The van der Waals surface area contributed by atoms with E-state index in [4.69, 9.17) is 16.0 Å². The number of benzene rings is 1. The van der Waals surface area contributed by atoms with Crippen molar-refractivity contribution in [3.8, 4) is 11.3 Å². The van der Waals surface area contributed by atoms with Gasteiger partial charge in [-0.25, -0.2) is 0 Å². The summed E-state index contributed by atoms with van der Waals surface area (Å²) < 4.78 is 5.68. The molecule has 0 aliphatic carbocycles. The van der Waals surface area contributed by atoms with E-state index in [0.717, 1.165) is 54.6 Å². The summed E-state index contributed by atoms with van der Waals surface area (Å²) in [7, 11) is 2.12. The summed E-state index contributed by atoms with van der Waals surface area (Å²) in [6.07, 6.45) is 1.78. The lowest BCUT2D eigenvalue weighted by atomic mass is 10.1. The van der Waals surface area contributed by atoms with Crippen molar-refractivity contribution in [3.05, 3.63) is 47.2 Å². The van der Waals surface area contributed by atoms with E-state index in [1.165, 1.54) is 0 Å². The van der Waals surface area contributed by atoms with Crippen LogP contribution in [0.1, 0.15) is 19.4 Å². The van der Waals surface area contributed by atoms with Crippen molar-refractivity contribution >= 4 is 11.6 Å². The van der Waals surface area contributed by atoms with Crippen LogP contribution in [0.25, 0.3) is 11.3 Å². The van der Waals surface area contributed by atoms with E-state index >= 15 is 0 Å². The van der Waals surface area contributed by atoms with E-state index in [-0.39, 0.29) is 0 Å². The fourth-order valence-electron chi connectivity index (χ4n) is 2.49. The molecule has 0 atom stereocenters. The molecule has 0 aliphatic rings. The summed E-state index contributed by atoms with van der Waals surface area (Å²) in [5.41, 5.74) is 2.06.